The van der Waals surface area contributed by atoms with Crippen LogP contribution in [-0.4, -0.2) is 38.5 Å². The highest BCUT2D eigenvalue weighted by Crippen LogP contribution is 2.23. The highest BCUT2D eigenvalue weighted by molar-refractivity contribution is 5.77. The maximum atomic E-state index is 13.5. The van der Waals surface area contributed by atoms with Crippen LogP contribution in [0.4, 0.5) is 4.39 Å². The summed E-state index contributed by atoms with van der Waals surface area (Å²) in [5.41, 5.74) is 2.18. The largest absolute Gasteiger partial charge is 0.342 e. The van der Waals surface area contributed by atoms with Gasteiger partial charge >= 0.3 is 0 Å². The van der Waals surface area contributed by atoms with Crippen LogP contribution < -0.4 is 5.56 Å². The second-order valence-electron chi connectivity index (χ2n) is 6.53. The van der Waals surface area contributed by atoms with Gasteiger partial charge in [0.05, 0.1) is 5.69 Å². The van der Waals surface area contributed by atoms with Gasteiger partial charge in [-0.15, -0.1) is 0 Å². The summed E-state index contributed by atoms with van der Waals surface area (Å²) in [4.78, 5) is 30.7. The van der Waals surface area contributed by atoms with E-state index in [2.05, 4.69) is 10.1 Å². The fourth-order valence-corrected chi connectivity index (χ4v) is 3.37. The van der Waals surface area contributed by atoms with Crippen LogP contribution in [0.25, 0.3) is 16.8 Å². The lowest BCUT2D eigenvalue weighted by molar-refractivity contribution is -0.133. The molecule has 0 atom stereocenters. The van der Waals surface area contributed by atoms with Gasteiger partial charge in [0.1, 0.15) is 5.82 Å². The number of halogens is 1. The molecule has 1 aliphatic rings. The van der Waals surface area contributed by atoms with Crippen molar-refractivity contribution in [2.45, 2.75) is 25.7 Å². The van der Waals surface area contributed by atoms with E-state index in [4.69, 9.17) is 0 Å². The van der Waals surface area contributed by atoms with Gasteiger partial charge in [-0.1, -0.05) is 12.1 Å². The molecule has 134 valence electrons. The third-order valence-electron chi connectivity index (χ3n) is 4.75. The first kappa shape index (κ1) is 16.5. The standard InChI is InChI=1S/C19H19FN4O2/c20-14-5-3-4-13(10-14)16-12-21-24-18(26)11-15(22-19(16)24)7-9-23-8-2-1-6-17(23)25/h3-5,10-12,21H,1-2,6-9H2. The van der Waals surface area contributed by atoms with Crippen LogP contribution in [0.3, 0.4) is 0 Å². The molecule has 4 rings (SSSR count). The third kappa shape index (κ3) is 3.12. The molecule has 0 spiro atoms. The topological polar surface area (TPSA) is 70.5 Å². The SMILES string of the molecule is O=C1CCCCN1CCc1cc(=O)n2[nH]cc(-c3cccc(F)c3)c2n1. The van der Waals surface area contributed by atoms with Gasteiger partial charge in [0.25, 0.3) is 5.56 Å². The fourth-order valence-electron chi connectivity index (χ4n) is 3.37. The third-order valence-corrected chi connectivity index (χ3v) is 4.75. The molecule has 1 saturated heterocycles. The minimum atomic E-state index is -0.344. The Bertz CT molecular complexity index is 1020. The molecule has 2 aromatic heterocycles. The van der Waals surface area contributed by atoms with Crippen LogP contribution in [0.2, 0.25) is 0 Å². The first-order valence-corrected chi connectivity index (χ1v) is 8.75. The molecular weight excluding hydrogens is 335 g/mol. The van der Waals surface area contributed by atoms with Crippen molar-refractivity contribution in [2.75, 3.05) is 13.1 Å². The van der Waals surface area contributed by atoms with Gasteiger partial charge in [-0.3, -0.25) is 14.7 Å². The Hall–Kier alpha value is -2.96. The highest BCUT2D eigenvalue weighted by atomic mass is 19.1. The lowest BCUT2D eigenvalue weighted by Gasteiger charge is -2.26. The summed E-state index contributed by atoms with van der Waals surface area (Å²) in [6, 6.07) is 7.66. The number of likely N-dealkylation sites (tertiary alicyclic amines) is 1. The molecule has 0 saturated carbocycles. The Morgan fingerprint density at radius 3 is 2.88 bits per heavy atom. The van der Waals surface area contributed by atoms with E-state index in [0.717, 1.165) is 19.4 Å². The number of aromatic nitrogens is 3. The molecule has 0 aliphatic carbocycles. The number of H-pyrrole nitrogens is 1. The smallest absolute Gasteiger partial charge is 0.272 e. The number of fused-ring (bicyclic) bond motifs is 1. The number of hydrogen-bond donors (Lipinski definition) is 1. The van der Waals surface area contributed by atoms with Gasteiger partial charge in [-0.05, 0) is 30.5 Å². The predicted molar refractivity (Wildman–Crippen MR) is 95.3 cm³/mol. The maximum absolute atomic E-state index is 13.5. The van der Waals surface area contributed by atoms with Crippen LogP contribution in [-0.2, 0) is 11.2 Å². The Labute approximate surface area is 149 Å². The minimum absolute atomic E-state index is 0.163. The zero-order chi connectivity index (χ0) is 18.1. The molecular formula is C19H19FN4O2. The molecule has 1 amide bonds. The quantitative estimate of drug-likeness (QED) is 0.782. The van der Waals surface area contributed by atoms with Crippen molar-refractivity contribution < 1.29 is 9.18 Å². The number of amides is 1. The number of benzene rings is 1. The van der Waals surface area contributed by atoms with Crippen LogP contribution in [0.15, 0.2) is 41.3 Å². The molecule has 1 N–H and O–H groups in total. The normalized spacial score (nSPS) is 15.0. The number of hydrogen-bond acceptors (Lipinski definition) is 3. The molecule has 0 unspecified atom stereocenters. The number of piperidine rings is 1. The minimum Gasteiger partial charge on any atom is -0.342 e. The summed E-state index contributed by atoms with van der Waals surface area (Å²) >= 11 is 0. The van der Waals surface area contributed by atoms with Crippen LogP contribution in [0.5, 0.6) is 0 Å². The number of nitrogens with zero attached hydrogens (tertiary/aromatic N) is 3. The molecule has 6 nitrogen and oxygen atoms in total. The molecule has 1 fully saturated rings. The van der Waals surface area contributed by atoms with E-state index >= 15 is 0 Å². The fraction of sp³-hybridized carbons (Fsp3) is 0.316. The number of carbonyl (C=O) groups excluding carboxylic acids is 1. The van der Waals surface area contributed by atoms with E-state index in [-0.39, 0.29) is 17.3 Å². The lowest BCUT2D eigenvalue weighted by atomic mass is 10.1. The molecule has 1 aromatic carbocycles. The Balaban J connectivity index is 1.65. The Kier molecular flexibility index (Phi) is 4.28. The molecule has 7 heteroatoms. The number of aromatic amines is 1. The van der Waals surface area contributed by atoms with Gasteiger partial charge < -0.3 is 4.90 Å². The van der Waals surface area contributed by atoms with Crippen LogP contribution in [0, 0.1) is 5.82 Å². The van der Waals surface area contributed by atoms with Crippen molar-refractivity contribution in [3.8, 4) is 11.1 Å². The summed E-state index contributed by atoms with van der Waals surface area (Å²) in [7, 11) is 0. The van der Waals surface area contributed by atoms with Crippen molar-refractivity contribution in [3.05, 3.63) is 58.4 Å². The molecule has 0 bridgehead atoms. The zero-order valence-corrected chi connectivity index (χ0v) is 14.2. The average molecular weight is 354 g/mol. The molecule has 3 heterocycles. The van der Waals surface area contributed by atoms with E-state index in [1.54, 1.807) is 18.3 Å². The van der Waals surface area contributed by atoms with Gasteiger partial charge in [-0.2, -0.15) is 0 Å². The van der Waals surface area contributed by atoms with E-state index in [1.165, 1.54) is 22.7 Å². The van der Waals surface area contributed by atoms with Gasteiger partial charge in [0.2, 0.25) is 5.91 Å². The molecule has 0 radical (unpaired) electrons. The van der Waals surface area contributed by atoms with Crippen molar-refractivity contribution in [1.82, 2.24) is 19.5 Å². The van der Waals surface area contributed by atoms with Crippen molar-refractivity contribution in [1.29, 1.82) is 0 Å². The second kappa shape index (κ2) is 6.74. The van der Waals surface area contributed by atoms with E-state index < -0.39 is 0 Å². The predicted octanol–water partition coefficient (Wildman–Crippen LogP) is 2.38. The lowest BCUT2D eigenvalue weighted by Crippen LogP contribution is -2.36. The monoisotopic (exact) mass is 354 g/mol. The summed E-state index contributed by atoms with van der Waals surface area (Å²) in [6.07, 6.45) is 4.72. The summed E-state index contributed by atoms with van der Waals surface area (Å²) in [5, 5.41) is 2.87. The summed E-state index contributed by atoms with van der Waals surface area (Å²) in [5.74, 6) is -0.180. The van der Waals surface area contributed by atoms with E-state index in [1.807, 2.05) is 4.90 Å². The van der Waals surface area contributed by atoms with Crippen LogP contribution >= 0.6 is 0 Å². The van der Waals surface area contributed by atoms with E-state index in [0.29, 0.717) is 41.9 Å². The first-order valence-electron chi connectivity index (χ1n) is 8.75. The van der Waals surface area contributed by atoms with Crippen molar-refractivity contribution in [2.24, 2.45) is 0 Å². The number of nitrogens with one attached hydrogen (secondary N) is 1. The van der Waals surface area contributed by atoms with Gasteiger partial charge in [-0.25, -0.2) is 13.9 Å². The Morgan fingerprint density at radius 1 is 1.19 bits per heavy atom. The van der Waals surface area contributed by atoms with Gasteiger partial charge in [0.15, 0.2) is 5.65 Å². The Morgan fingerprint density at radius 2 is 2.08 bits per heavy atom. The van der Waals surface area contributed by atoms with Crippen molar-refractivity contribution in [3.63, 3.8) is 0 Å². The molecule has 26 heavy (non-hydrogen) atoms. The van der Waals surface area contributed by atoms with Gasteiger partial charge in [0, 0.05) is 43.8 Å². The summed E-state index contributed by atoms with van der Waals surface area (Å²) < 4.78 is 14.9. The zero-order valence-electron chi connectivity index (χ0n) is 14.2. The first-order chi connectivity index (χ1) is 12.6. The summed E-state index contributed by atoms with van der Waals surface area (Å²) in [6.45, 7) is 1.32. The highest BCUT2D eigenvalue weighted by Gasteiger charge is 2.18. The van der Waals surface area contributed by atoms with E-state index in [9.17, 15) is 14.0 Å². The second-order valence-corrected chi connectivity index (χ2v) is 6.53. The number of carbonyl (C=O) groups is 1. The maximum Gasteiger partial charge on any atom is 0.272 e. The molecule has 1 aliphatic heterocycles. The number of rotatable bonds is 4. The van der Waals surface area contributed by atoms with Crippen molar-refractivity contribution >= 4 is 11.6 Å². The molecule has 3 aromatic rings. The van der Waals surface area contributed by atoms with Crippen LogP contribution in [0.1, 0.15) is 25.0 Å². The average Bonchev–Trinajstić information content (AvgIpc) is 3.06.